The molecule has 2 heterocycles. The van der Waals surface area contributed by atoms with Gasteiger partial charge >= 0.3 is 0 Å². The molecular weight excluding hydrogens is 358 g/mol. The number of pyridine rings is 1. The van der Waals surface area contributed by atoms with Crippen molar-refractivity contribution in [3.05, 3.63) is 45.5 Å². The van der Waals surface area contributed by atoms with E-state index in [-0.39, 0.29) is 17.4 Å². The van der Waals surface area contributed by atoms with Crippen LogP contribution in [0.1, 0.15) is 47.2 Å². The van der Waals surface area contributed by atoms with Crippen LogP contribution in [0.3, 0.4) is 0 Å². The number of fused-ring (bicyclic) bond motifs is 1. The highest BCUT2D eigenvalue weighted by molar-refractivity contribution is 6.04. The number of carbonyl (C=O) groups excluding carboxylic acids is 2. The fraction of sp³-hybridized carbons (Fsp3) is 0.500. The number of rotatable bonds is 6. The molecule has 0 aromatic carbocycles. The molecule has 0 aliphatic heterocycles. The Morgan fingerprint density at radius 3 is 2.64 bits per heavy atom. The highest BCUT2D eigenvalue weighted by Gasteiger charge is 2.22. The molecule has 0 atom stereocenters. The van der Waals surface area contributed by atoms with Crippen LogP contribution in [-0.2, 0) is 31.2 Å². The van der Waals surface area contributed by atoms with Crippen LogP contribution >= 0.6 is 0 Å². The number of carbonyl (C=O) groups is 2. The lowest BCUT2D eigenvalue weighted by Gasteiger charge is -2.19. The van der Waals surface area contributed by atoms with E-state index >= 15 is 0 Å². The van der Waals surface area contributed by atoms with Gasteiger partial charge in [-0.3, -0.25) is 19.1 Å². The van der Waals surface area contributed by atoms with E-state index in [0.717, 1.165) is 36.8 Å². The molecule has 0 saturated heterocycles. The molecule has 0 unspecified atom stereocenters. The van der Waals surface area contributed by atoms with Crippen LogP contribution in [0.4, 0.5) is 5.82 Å². The van der Waals surface area contributed by atoms with Crippen molar-refractivity contribution in [3.8, 4) is 0 Å². The molecule has 3 rings (SSSR count). The zero-order valence-corrected chi connectivity index (χ0v) is 16.7. The molecule has 150 valence electrons. The SMILES string of the molecule is CN(C)C(=O)CCCn1ccc(NC(=O)c2cn(C)c(=O)c3c2CCCC3)n1. The maximum atomic E-state index is 12.8. The lowest BCUT2D eigenvalue weighted by atomic mass is 9.89. The zero-order valence-electron chi connectivity index (χ0n) is 16.7. The van der Waals surface area contributed by atoms with Gasteiger partial charge < -0.3 is 14.8 Å². The Morgan fingerprint density at radius 1 is 1.21 bits per heavy atom. The summed E-state index contributed by atoms with van der Waals surface area (Å²) in [7, 11) is 5.15. The van der Waals surface area contributed by atoms with Gasteiger partial charge in [-0.1, -0.05) is 0 Å². The second-order valence-electron chi connectivity index (χ2n) is 7.43. The Morgan fingerprint density at radius 2 is 1.93 bits per heavy atom. The summed E-state index contributed by atoms with van der Waals surface area (Å²) in [6, 6.07) is 1.74. The number of hydrogen-bond acceptors (Lipinski definition) is 4. The van der Waals surface area contributed by atoms with Crippen LogP contribution in [0.5, 0.6) is 0 Å². The van der Waals surface area contributed by atoms with Crippen LogP contribution in [0.15, 0.2) is 23.3 Å². The Kier molecular flexibility index (Phi) is 5.96. The second kappa shape index (κ2) is 8.41. The summed E-state index contributed by atoms with van der Waals surface area (Å²) in [5, 5.41) is 7.19. The van der Waals surface area contributed by atoms with Gasteiger partial charge in [0.2, 0.25) is 5.91 Å². The first kappa shape index (κ1) is 19.9. The van der Waals surface area contributed by atoms with E-state index in [1.54, 1.807) is 49.2 Å². The number of anilines is 1. The molecule has 2 aromatic rings. The third-order valence-electron chi connectivity index (χ3n) is 5.10. The minimum Gasteiger partial charge on any atom is -0.349 e. The fourth-order valence-electron chi connectivity index (χ4n) is 3.53. The molecule has 1 aliphatic carbocycles. The van der Waals surface area contributed by atoms with Gasteiger partial charge in [-0.15, -0.1) is 0 Å². The summed E-state index contributed by atoms with van der Waals surface area (Å²) >= 11 is 0. The van der Waals surface area contributed by atoms with E-state index in [1.807, 2.05) is 0 Å². The van der Waals surface area contributed by atoms with E-state index in [0.29, 0.717) is 30.8 Å². The molecule has 0 spiro atoms. The molecule has 2 amide bonds. The van der Waals surface area contributed by atoms with Crippen molar-refractivity contribution < 1.29 is 9.59 Å². The second-order valence-corrected chi connectivity index (χ2v) is 7.43. The molecule has 1 N–H and O–H groups in total. The molecule has 8 heteroatoms. The van der Waals surface area contributed by atoms with Gasteiger partial charge in [0.25, 0.3) is 11.5 Å². The molecule has 28 heavy (non-hydrogen) atoms. The number of hydrogen-bond donors (Lipinski definition) is 1. The van der Waals surface area contributed by atoms with Crippen molar-refractivity contribution in [3.63, 3.8) is 0 Å². The van der Waals surface area contributed by atoms with Gasteiger partial charge in [-0.2, -0.15) is 5.10 Å². The minimum atomic E-state index is -0.248. The van der Waals surface area contributed by atoms with E-state index in [2.05, 4.69) is 10.4 Å². The average Bonchev–Trinajstić information content (AvgIpc) is 3.11. The first-order valence-corrected chi connectivity index (χ1v) is 9.63. The van der Waals surface area contributed by atoms with Gasteiger partial charge in [-0.25, -0.2) is 0 Å². The highest BCUT2D eigenvalue weighted by atomic mass is 16.2. The predicted molar refractivity (Wildman–Crippen MR) is 106 cm³/mol. The Hall–Kier alpha value is -2.90. The van der Waals surface area contributed by atoms with E-state index in [1.165, 1.54) is 4.57 Å². The van der Waals surface area contributed by atoms with Crippen molar-refractivity contribution in [1.82, 2.24) is 19.2 Å². The number of aryl methyl sites for hydroxylation is 2. The average molecular weight is 385 g/mol. The minimum absolute atomic E-state index is 0.0113. The third kappa shape index (κ3) is 4.32. The summed E-state index contributed by atoms with van der Waals surface area (Å²) in [4.78, 5) is 38.3. The lowest BCUT2D eigenvalue weighted by Crippen LogP contribution is -2.29. The van der Waals surface area contributed by atoms with Crippen molar-refractivity contribution in [2.45, 2.75) is 45.1 Å². The number of nitrogens with one attached hydrogen (secondary N) is 1. The van der Waals surface area contributed by atoms with Crippen molar-refractivity contribution in [1.29, 1.82) is 0 Å². The van der Waals surface area contributed by atoms with Crippen LogP contribution in [-0.4, -0.2) is 45.2 Å². The Bertz CT molecular complexity index is 942. The highest BCUT2D eigenvalue weighted by Crippen LogP contribution is 2.22. The summed E-state index contributed by atoms with van der Waals surface area (Å²) in [6.07, 6.45) is 7.98. The van der Waals surface area contributed by atoms with Gasteiger partial charge in [0, 0.05) is 58.1 Å². The van der Waals surface area contributed by atoms with Gasteiger partial charge in [0.1, 0.15) is 0 Å². The summed E-state index contributed by atoms with van der Waals surface area (Å²) in [5.41, 5.74) is 2.16. The Labute approximate surface area is 164 Å². The Balaban J connectivity index is 1.68. The van der Waals surface area contributed by atoms with Crippen molar-refractivity contribution in [2.24, 2.45) is 7.05 Å². The predicted octanol–water partition coefficient (Wildman–Crippen LogP) is 1.58. The normalized spacial score (nSPS) is 13.1. The molecule has 0 radical (unpaired) electrons. The molecule has 0 fully saturated rings. The van der Waals surface area contributed by atoms with Gasteiger partial charge in [0.05, 0.1) is 5.56 Å². The van der Waals surface area contributed by atoms with Crippen LogP contribution in [0.2, 0.25) is 0 Å². The van der Waals surface area contributed by atoms with Crippen molar-refractivity contribution in [2.75, 3.05) is 19.4 Å². The monoisotopic (exact) mass is 385 g/mol. The smallest absolute Gasteiger partial charge is 0.258 e. The number of nitrogens with zero attached hydrogens (tertiary/aromatic N) is 4. The summed E-state index contributed by atoms with van der Waals surface area (Å²) in [6.45, 7) is 0.602. The molecule has 0 bridgehead atoms. The molecule has 2 aromatic heterocycles. The van der Waals surface area contributed by atoms with Crippen LogP contribution < -0.4 is 10.9 Å². The summed E-state index contributed by atoms with van der Waals surface area (Å²) in [5.74, 6) is 0.296. The molecule has 0 saturated carbocycles. The lowest BCUT2D eigenvalue weighted by molar-refractivity contribution is -0.128. The maximum Gasteiger partial charge on any atom is 0.258 e. The molecule has 1 aliphatic rings. The molecule has 8 nitrogen and oxygen atoms in total. The standard InChI is InChI=1S/C20H27N5O3/c1-23(2)18(26)9-6-11-25-12-10-17(22-25)21-19(27)16-13-24(3)20(28)15-8-5-4-7-14(15)16/h10,12-13H,4-9,11H2,1-3H3,(H,21,22,27). The first-order valence-electron chi connectivity index (χ1n) is 9.63. The van der Waals surface area contributed by atoms with E-state index in [4.69, 9.17) is 0 Å². The van der Waals surface area contributed by atoms with E-state index < -0.39 is 0 Å². The fourth-order valence-corrected chi connectivity index (χ4v) is 3.53. The maximum absolute atomic E-state index is 12.8. The van der Waals surface area contributed by atoms with Gasteiger partial charge in [-0.05, 0) is 37.7 Å². The zero-order chi connectivity index (χ0) is 20.3. The van der Waals surface area contributed by atoms with E-state index in [9.17, 15) is 14.4 Å². The van der Waals surface area contributed by atoms with Crippen LogP contribution in [0, 0.1) is 0 Å². The number of amides is 2. The van der Waals surface area contributed by atoms with Gasteiger partial charge in [0.15, 0.2) is 5.82 Å². The largest absolute Gasteiger partial charge is 0.349 e. The quantitative estimate of drug-likeness (QED) is 0.818. The van der Waals surface area contributed by atoms with Crippen LogP contribution in [0.25, 0.3) is 0 Å². The molecular formula is C20H27N5O3. The third-order valence-corrected chi connectivity index (χ3v) is 5.10. The van der Waals surface area contributed by atoms with Crippen molar-refractivity contribution >= 4 is 17.6 Å². The number of aromatic nitrogens is 3. The summed E-state index contributed by atoms with van der Waals surface area (Å²) < 4.78 is 3.20. The first-order chi connectivity index (χ1) is 13.4. The topological polar surface area (TPSA) is 89.2 Å².